The SMILES string of the molecule is CC(C)(CCO)CNCc1ccc(F)c(C(F)(F)F)c1. The van der Waals surface area contributed by atoms with E-state index in [1.807, 2.05) is 13.8 Å². The van der Waals surface area contributed by atoms with Gasteiger partial charge in [-0.05, 0) is 29.5 Å². The number of alkyl halides is 3. The predicted octanol–water partition coefficient (Wildman–Crippen LogP) is 3.34. The summed E-state index contributed by atoms with van der Waals surface area (Å²) < 4.78 is 50.8. The molecule has 0 atom stereocenters. The molecule has 0 amide bonds. The van der Waals surface area contributed by atoms with E-state index in [9.17, 15) is 17.6 Å². The van der Waals surface area contributed by atoms with Crippen molar-refractivity contribution in [2.75, 3.05) is 13.2 Å². The summed E-state index contributed by atoms with van der Waals surface area (Å²) in [5.41, 5.74) is -1.02. The van der Waals surface area contributed by atoms with Gasteiger partial charge < -0.3 is 10.4 Å². The molecule has 0 saturated heterocycles. The zero-order chi connectivity index (χ0) is 15.4. The van der Waals surface area contributed by atoms with Gasteiger partial charge in [0.25, 0.3) is 0 Å². The molecule has 0 bridgehead atoms. The quantitative estimate of drug-likeness (QED) is 0.788. The Balaban J connectivity index is 2.66. The molecule has 0 fully saturated rings. The van der Waals surface area contributed by atoms with Gasteiger partial charge in [0.1, 0.15) is 5.82 Å². The number of benzene rings is 1. The molecule has 0 aliphatic rings. The van der Waals surface area contributed by atoms with Crippen LogP contribution in [0.15, 0.2) is 18.2 Å². The van der Waals surface area contributed by atoms with Gasteiger partial charge in [0.15, 0.2) is 0 Å². The fourth-order valence-electron chi connectivity index (χ4n) is 1.84. The minimum absolute atomic E-state index is 0.0590. The van der Waals surface area contributed by atoms with Gasteiger partial charge in [-0.25, -0.2) is 4.39 Å². The Hall–Kier alpha value is -1.14. The molecular formula is C14H19F4NO. The molecule has 0 saturated carbocycles. The van der Waals surface area contributed by atoms with Crippen molar-refractivity contribution in [3.05, 3.63) is 35.1 Å². The third kappa shape index (κ3) is 5.09. The van der Waals surface area contributed by atoms with Gasteiger partial charge in [0.05, 0.1) is 5.56 Å². The van der Waals surface area contributed by atoms with Crippen LogP contribution < -0.4 is 5.32 Å². The van der Waals surface area contributed by atoms with Gasteiger partial charge in [-0.1, -0.05) is 19.9 Å². The number of rotatable bonds is 6. The van der Waals surface area contributed by atoms with Crippen LogP contribution in [0.1, 0.15) is 31.4 Å². The third-order valence-electron chi connectivity index (χ3n) is 3.06. The van der Waals surface area contributed by atoms with E-state index in [2.05, 4.69) is 5.32 Å². The lowest BCUT2D eigenvalue weighted by Gasteiger charge is -2.24. The maximum Gasteiger partial charge on any atom is 0.419 e. The zero-order valence-corrected chi connectivity index (χ0v) is 11.5. The average Bonchev–Trinajstić information content (AvgIpc) is 2.29. The molecule has 20 heavy (non-hydrogen) atoms. The monoisotopic (exact) mass is 293 g/mol. The Labute approximate surface area is 115 Å². The summed E-state index contributed by atoms with van der Waals surface area (Å²) in [6.45, 7) is 4.72. The van der Waals surface area contributed by atoms with E-state index in [-0.39, 0.29) is 18.6 Å². The summed E-state index contributed by atoms with van der Waals surface area (Å²) in [5, 5.41) is 11.9. The fraction of sp³-hybridized carbons (Fsp3) is 0.571. The van der Waals surface area contributed by atoms with Crippen LogP contribution in [0.25, 0.3) is 0 Å². The molecule has 1 aromatic rings. The van der Waals surface area contributed by atoms with Crippen molar-refractivity contribution in [1.29, 1.82) is 0 Å². The first-order chi connectivity index (χ1) is 9.15. The first kappa shape index (κ1) is 16.9. The maximum atomic E-state index is 13.1. The molecule has 0 aromatic heterocycles. The van der Waals surface area contributed by atoms with Crippen LogP contribution in [-0.4, -0.2) is 18.3 Å². The lowest BCUT2D eigenvalue weighted by molar-refractivity contribution is -0.140. The molecule has 114 valence electrons. The average molecular weight is 293 g/mol. The molecule has 2 N–H and O–H groups in total. The second-order valence-electron chi connectivity index (χ2n) is 5.55. The summed E-state index contributed by atoms with van der Waals surface area (Å²) in [5.74, 6) is -1.26. The van der Waals surface area contributed by atoms with E-state index in [0.717, 1.165) is 12.1 Å². The van der Waals surface area contributed by atoms with Crippen molar-refractivity contribution in [1.82, 2.24) is 5.32 Å². The van der Waals surface area contributed by atoms with E-state index < -0.39 is 17.6 Å². The minimum atomic E-state index is -4.68. The highest BCUT2D eigenvalue weighted by molar-refractivity contribution is 5.27. The zero-order valence-electron chi connectivity index (χ0n) is 11.5. The predicted molar refractivity (Wildman–Crippen MR) is 68.6 cm³/mol. The van der Waals surface area contributed by atoms with E-state index in [1.165, 1.54) is 6.07 Å². The summed E-state index contributed by atoms with van der Waals surface area (Å²) in [7, 11) is 0. The lowest BCUT2D eigenvalue weighted by atomic mass is 9.90. The van der Waals surface area contributed by atoms with E-state index in [0.29, 0.717) is 18.5 Å². The van der Waals surface area contributed by atoms with Crippen LogP contribution in [0, 0.1) is 11.2 Å². The molecule has 0 spiro atoms. The molecule has 0 aliphatic carbocycles. The summed E-state index contributed by atoms with van der Waals surface area (Å²) in [6, 6.07) is 2.98. The largest absolute Gasteiger partial charge is 0.419 e. The number of halogens is 4. The van der Waals surface area contributed by atoms with Gasteiger partial charge in [0, 0.05) is 19.7 Å². The van der Waals surface area contributed by atoms with E-state index in [1.54, 1.807) is 0 Å². The highest BCUT2D eigenvalue weighted by atomic mass is 19.4. The Bertz CT molecular complexity index is 443. The number of hydrogen-bond acceptors (Lipinski definition) is 2. The Morgan fingerprint density at radius 3 is 2.40 bits per heavy atom. The topological polar surface area (TPSA) is 32.3 Å². The molecule has 2 nitrogen and oxygen atoms in total. The first-order valence-electron chi connectivity index (χ1n) is 6.33. The van der Waals surface area contributed by atoms with Crippen LogP contribution in [-0.2, 0) is 12.7 Å². The second-order valence-corrected chi connectivity index (χ2v) is 5.55. The Morgan fingerprint density at radius 2 is 1.85 bits per heavy atom. The van der Waals surface area contributed by atoms with Crippen molar-refractivity contribution < 1.29 is 22.7 Å². The normalized spacial score (nSPS) is 12.8. The molecule has 0 unspecified atom stereocenters. The fourth-order valence-corrected chi connectivity index (χ4v) is 1.84. The van der Waals surface area contributed by atoms with Gasteiger partial charge in [0.2, 0.25) is 0 Å². The van der Waals surface area contributed by atoms with Crippen molar-refractivity contribution in [3.63, 3.8) is 0 Å². The second kappa shape index (κ2) is 6.54. The molecule has 1 aromatic carbocycles. The molecular weight excluding hydrogens is 274 g/mol. The summed E-state index contributed by atoms with van der Waals surface area (Å²) in [6.07, 6.45) is -4.09. The Morgan fingerprint density at radius 1 is 1.20 bits per heavy atom. The van der Waals surface area contributed by atoms with Gasteiger partial charge in [-0.2, -0.15) is 13.2 Å². The van der Waals surface area contributed by atoms with Crippen molar-refractivity contribution in [2.45, 2.75) is 33.0 Å². The molecule has 0 aliphatic heterocycles. The number of hydrogen-bond donors (Lipinski definition) is 2. The van der Waals surface area contributed by atoms with Gasteiger partial charge in [-0.15, -0.1) is 0 Å². The summed E-state index contributed by atoms with van der Waals surface area (Å²) in [4.78, 5) is 0. The van der Waals surface area contributed by atoms with Crippen LogP contribution in [0.2, 0.25) is 0 Å². The van der Waals surface area contributed by atoms with Crippen molar-refractivity contribution in [3.8, 4) is 0 Å². The Kier molecular flexibility index (Phi) is 5.53. The van der Waals surface area contributed by atoms with Gasteiger partial charge >= 0.3 is 6.18 Å². The minimum Gasteiger partial charge on any atom is -0.396 e. The smallest absolute Gasteiger partial charge is 0.396 e. The first-order valence-corrected chi connectivity index (χ1v) is 6.33. The van der Waals surface area contributed by atoms with Crippen molar-refractivity contribution >= 4 is 0 Å². The van der Waals surface area contributed by atoms with Gasteiger partial charge in [-0.3, -0.25) is 0 Å². The highest BCUT2D eigenvalue weighted by Crippen LogP contribution is 2.31. The van der Waals surface area contributed by atoms with Crippen LogP contribution in [0.4, 0.5) is 17.6 Å². The number of nitrogens with one attached hydrogen (secondary N) is 1. The van der Waals surface area contributed by atoms with Crippen molar-refractivity contribution in [2.24, 2.45) is 5.41 Å². The van der Waals surface area contributed by atoms with Crippen LogP contribution >= 0.6 is 0 Å². The number of aliphatic hydroxyl groups is 1. The maximum absolute atomic E-state index is 13.1. The lowest BCUT2D eigenvalue weighted by Crippen LogP contribution is -2.30. The van der Waals surface area contributed by atoms with E-state index >= 15 is 0 Å². The highest BCUT2D eigenvalue weighted by Gasteiger charge is 2.34. The molecule has 0 radical (unpaired) electrons. The van der Waals surface area contributed by atoms with Crippen LogP contribution in [0.3, 0.4) is 0 Å². The molecule has 6 heteroatoms. The molecule has 1 rings (SSSR count). The van der Waals surface area contributed by atoms with Crippen LogP contribution in [0.5, 0.6) is 0 Å². The molecule has 0 heterocycles. The number of aliphatic hydroxyl groups excluding tert-OH is 1. The third-order valence-corrected chi connectivity index (χ3v) is 3.06. The standard InChI is InChI=1S/C14H19F4NO/c1-13(2,5-6-20)9-19-8-10-3-4-12(15)11(7-10)14(16,17)18/h3-4,7,19-20H,5-6,8-9H2,1-2H3. The van der Waals surface area contributed by atoms with E-state index in [4.69, 9.17) is 5.11 Å². The summed E-state index contributed by atoms with van der Waals surface area (Å²) >= 11 is 0.